The van der Waals surface area contributed by atoms with Gasteiger partial charge in [-0.2, -0.15) is 0 Å². The number of nitrogens with zero attached hydrogens (tertiary/aromatic N) is 1. The Hall–Kier alpha value is -0.720. The molecule has 8 heteroatoms. The van der Waals surface area contributed by atoms with E-state index in [0.717, 1.165) is 24.5 Å². The molecule has 0 saturated carbocycles. The summed E-state index contributed by atoms with van der Waals surface area (Å²) in [6, 6.07) is 5.53. The largest absolute Gasteiger partial charge is 0.378 e. The molecular formula is C13H20Cl3N3O2. The Morgan fingerprint density at radius 3 is 2.62 bits per heavy atom. The lowest BCUT2D eigenvalue weighted by Gasteiger charge is -2.31. The molecule has 0 unspecified atom stereocenters. The number of morpholine rings is 1. The van der Waals surface area contributed by atoms with Crippen molar-refractivity contribution in [3.63, 3.8) is 0 Å². The molecule has 0 aliphatic carbocycles. The number of hydrogen-bond acceptors (Lipinski definition) is 4. The maximum atomic E-state index is 11.7. The normalized spacial score (nSPS) is 13.9. The Labute approximate surface area is 142 Å². The number of halogens is 3. The molecule has 5 nitrogen and oxygen atoms in total. The molecule has 1 heterocycles. The van der Waals surface area contributed by atoms with E-state index >= 15 is 0 Å². The molecule has 21 heavy (non-hydrogen) atoms. The zero-order valence-electron chi connectivity index (χ0n) is 11.7. The lowest BCUT2D eigenvalue weighted by molar-refractivity contribution is -0.115. The number of rotatable bonds is 4. The first-order chi connectivity index (χ1) is 9.22. The summed E-state index contributed by atoms with van der Waals surface area (Å²) in [5.74, 6) is -0.0840. The van der Waals surface area contributed by atoms with Crippen LogP contribution in [0.5, 0.6) is 0 Å². The van der Waals surface area contributed by atoms with Crippen LogP contribution >= 0.6 is 36.4 Å². The van der Waals surface area contributed by atoms with Crippen LogP contribution in [-0.4, -0.2) is 45.8 Å². The first kappa shape index (κ1) is 20.3. The van der Waals surface area contributed by atoms with Crippen molar-refractivity contribution in [2.75, 3.05) is 50.1 Å². The fourth-order valence-electron chi connectivity index (χ4n) is 2.08. The van der Waals surface area contributed by atoms with Crippen LogP contribution in [-0.2, 0) is 9.53 Å². The zero-order chi connectivity index (χ0) is 13.7. The fourth-order valence-corrected chi connectivity index (χ4v) is 2.37. The Bertz CT molecular complexity index is 454. The minimum atomic E-state index is -0.0840. The van der Waals surface area contributed by atoms with Crippen molar-refractivity contribution >= 4 is 53.7 Å². The van der Waals surface area contributed by atoms with Crippen LogP contribution < -0.4 is 15.5 Å². The second kappa shape index (κ2) is 10.1. The molecule has 1 aromatic carbocycles. The predicted molar refractivity (Wildman–Crippen MR) is 91.5 cm³/mol. The SMILES string of the molecule is CNCC(=O)Nc1cccc(Cl)c1N1CCOCC1.Cl.Cl. The highest BCUT2D eigenvalue weighted by molar-refractivity contribution is 6.34. The van der Waals surface area contributed by atoms with E-state index in [1.807, 2.05) is 18.2 Å². The maximum absolute atomic E-state index is 11.7. The number of nitrogens with one attached hydrogen (secondary N) is 2. The minimum Gasteiger partial charge on any atom is -0.378 e. The highest BCUT2D eigenvalue weighted by Crippen LogP contribution is 2.34. The number of benzene rings is 1. The van der Waals surface area contributed by atoms with E-state index < -0.39 is 0 Å². The van der Waals surface area contributed by atoms with Gasteiger partial charge in [0.25, 0.3) is 0 Å². The molecular weight excluding hydrogens is 337 g/mol. The fraction of sp³-hybridized carbons (Fsp3) is 0.462. The molecule has 1 aliphatic heterocycles. The van der Waals surface area contributed by atoms with Crippen molar-refractivity contribution in [3.05, 3.63) is 23.2 Å². The lowest BCUT2D eigenvalue weighted by Crippen LogP contribution is -2.37. The molecule has 0 atom stereocenters. The molecule has 0 bridgehead atoms. The van der Waals surface area contributed by atoms with Gasteiger partial charge >= 0.3 is 0 Å². The Morgan fingerprint density at radius 2 is 2.00 bits per heavy atom. The van der Waals surface area contributed by atoms with E-state index in [4.69, 9.17) is 16.3 Å². The van der Waals surface area contributed by atoms with Crippen LogP contribution in [0, 0.1) is 0 Å². The Balaban J connectivity index is 0.00000200. The molecule has 0 spiro atoms. The number of carbonyl (C=O) groups is 1. The van der Waals surface area contributed by atoms with Crippen LogP contribution in [0.15, 0.2) is 18.2 Å². The lowest BCUT2D eigenvalue weighted by atomic mass is 10.2. The molecule has 2 N–H and O–H groups in total. The van der Waals surface area contributed by atoms with Gasteiger partial charge in [-0.15, -0.1) is 24.8 Å². The summed E-state index contributed by atoms with van der Waals surface area (Å²) in [6.07, 6.45) is 0. The molecule has 1 saturated heterocycles. The van der Waals surface area contributed by atoms with E-state index in [0.29, 0.717) is 18.2 Å². The molecule has 2 rings (SSSR count). The van der Waals surface area contributed by atoms with E-state index in [9.17, 15) is 4.79 Å². The Kier molecular flexibility index (Phi) is 9.74. The minimum absolute atomic E-state index is 0. The average Bonchev–Trinajstić information content (AvgIpc) is 2.40. The second-order valence-electron chi connectivity index (χ2n) is 4.31. The summed E-state index contributed by atoms with van der Waals surface area (Å²) in [5, 5.41) is 6.35. The molecule has 1 fully saturated rings. The third-order valence-corrected chi connectivity index (χ3v) is 3.23. The van der Waals surface area contributed by atoms with Crippen molar-refractivity contribution in [2.45, 2.75) is 0 Å². The topological polar surface area (TPSA) is 53.6 Å². The van der Waals surface area contributed by atoms with Gasteiger partial charge in [0, 0.05) is 13.1 Å². The summed E-state index contributed by atoms with van der Waals surface area (Å²) >= 11 is 6.27. The standard InChI is InChI=1S/C13H18ClN3O2.2ClH/c1-15-9-12(18)16-11-4-2-3-10(14)13(11)17-5-7-19-8-6-17;;/h2-4,15H,5-9H2,1H3,(H,16,18);2*1H. The van der Waals surface area contributed by atoms with Gasteiger partial charge in [0.2, 0.25) is 5.91 Å². The van der Waals surface area contributed by atoms with E-state index in [1.54, 1.807) is 7.05 Å². The van der Waals surface area contributed by atoms with Crippen LogP contribution in [0.4, 0.5) is 11.4 Å². The monoisotopic (exact) mass is 355 g/mol. The van der Waals surface area contributed by atoms with Gasteiger partial charge < -0.3 is 20.3 Å². The van der Waals surface area contributed by atoms with Crippen LogP contribution in [0.1, 0.15) is 0 Å². The summed E-state index contributed by atoms with van der Waals surface area (Å²) in [5.41, 5.74) is 1.62. The Morgan fingerprint density at radius 1 is 1.33 bits per heavy atom. The molecule has 120 valence electrons. The second-order valence-corrected chi connectivity index (χ2v) is 4.72. The number of para-hydroxylation sites is 1. The first-order valence-electron chi connectivity index (χ1n) is 6.28. The summed E-state index contributed by atoms with van der Waals surface area (Å²) in [7, 11) is 1.74. The third kappa shape index (κ3) is 5.52. The van der Waals surface area contributed by atoms with E-state index in [-0.39, 0.29) is 37.3 Å². The predicted octanol–water partition coefficient (Wildman–Crippen LogP) is 2.18. The van der Waals surface area contributed by atoms with Gasteiger partial charge in [-0.1, -0.05) is 17.7 Å². The van der Waals surface area contributed by atoms with Crippen molar-refractivity contribution in [2.24, 2.45) is 0 Å². The molecule has 1 aromatic rings. The van der Waals surface area contributed by atoms with Gasteiger partial charge in [0.15, 0.2) is 0 Å². The first-order valence-corrected chi connectivity index (χ1v) is 6.66. The third-order valence-electron chi connectivity index (χ3n) is 2.93. The molecule has 1 aliphatic rings. The van der Waals surface area contributed by atoms with Gasteiger partial charge in [-0.05, 0) is 19.2 Å². The quantitative estimate of drug-likeness (QED) is 0.868. The van der Waals surface area contributed by atoms with E-state index in [2.05, 4.69) is 15.5 Å². The van der Waals surface area contributed by atoms with Gasteiger partial charge in [-0.3, -0.25) is 4.79 Å². The smallest absolute Gasteiger partial charge is 0.238 e. The van der Waals surface area contributed by atoms with Crippen molar-refractivity contribution in [3.8, 4) is 0 Å². The zero-order valence-corrected chi connectivity index (χ0v) is 14.1. The number of likely N-dealkylation sites (N-methyl/N-ethyl adjacent to an activating group) is 1. The van der Waals surface area contributed by atoms with Gasteiger partial charge in [-0.25, -0.2) is 0 Å². The van der Waals surface area contributed by atoms with Crippen LogP contribution in [0.2, 0.25) is 5.02 Å². The van der Waals surface area contributed by atoms with Crippen molar-refractivity contribution in [1.82, 2.24) is 5.32 Å². The summed E-state index contributed by atoms with van der Waals surface area (Å²) < 4.78 is 5.34. The molecule has 0 aromatic heterocycles. The molecule has 1 amide bonds. The van der Waals surface area contributed by atoms with Gasteiger partial charge in [0.05, 0.1) is 36.2 Å². The van der Waals surface area contributed by atoms with Crippen LogP contribution in [0.3, 0.4) is 0 Å². The maximum Gasteiger partial charge on any atom is 0.238 e. The highest BCUT2D eigenvalue weighted by Gasteiger charge is 2.18. The number of anilines is 2. The van der Waals surface area contributed by atoms with Gasteiger partial charge in [0.1, 0.15) is 0 Å². The summed E-state index contributed by atoms with van der Waals surface area (Å²) in [4.78, 5) is 13.8. The van der Waals surface area contributed by atoms with Crippen molar-refractivity contribution < 1.29 is 9.53 Å². The number of ether oxygens (including phenoxy) is 1. The van der Waals surface area contributed by atoms with Crippen molar-refractivity contribution in [1.29, 1.82) is 0 Å². The average molecular weight is 357 g/mol. The number of carbonyl (C=O) groups excluding carboxylic acids is 1. The number of hydrogen-bond donors (Lipinski definition) is 2. The van der Waals surface area contributed by atoms with Crippen LogP contribution in [0.25, 0.3) is 0 Å². The summed E-state index contributed by atoms with van der Waals surface area (Å²) in [6.45, 7) is 3.18. The number of amides is 1. The van der Waals surface area contributed by atoms with E-state index in [1.165, 1.54) is 0 Å². The molecule has 0 radical (unpaired) electrons. The highest BCUT2D eigenvalue weighted by atomic mass is 35.5.